The fraction of sp³-hybridized carbons (Fsp3) is 0.333. The quantitative estimate of drug-likeness (QED) is 0.548. The summed E-state index contributed by atoms with van der Waals surface area (Å²) in [4.78, 5) is 24.5. The van der Waals surface area contributed by atoms with Gasteiger partial charge in [0.1, 0.15) is 19.0 Å². The van der Waals surface area contributed by atoms with Crippen LogP contribution >= 0.6 is 0 Å². The second kappa shape index (κ2) is 8.58. The van der Waals surface area contributed by atoms with Crippen LogP contribution in [0.1, 0.15) is 34.6 Å². The van der Waals surface area contributed by atoms with Crippen molar-refractivity contribution in [3.05, 3.63) is 53.6 Å². The summed E-state index contributed by atoms with van der Waals surface area (Å²) in [5.41, 5.74) is 0.743. The fourth-order valence-corrected chi connectivity index (χ4v) is 2.49. The number of ether oxygens (including phenoxy) is 4. The Morgan fingerprint density at radius 2 is 1.78 bits per heavy atom. The molecule has 6 nitrogen and oxygen atoms in total. The van der Waals surface area contributed by atoms with E-state index in [4.69, 9.17) is 18.9 Å². The average Bonchev–Trinajstić information content (AvgIpc) is 2.70. The molecule has 142 valence electrons. The first kappa shape index (κ1) is 18.8. The van der Waals surface area contributed by atoms with Gasteiger partial charge in [0.15, 0.2) is 23.9 Å². The molecule has 0 atom stereocenters. The molecule has 2 aromatic carbocycles. The highest BCUT2D eigenvalue weighted by atomic mass is 16.6. The van der Waals surface area contributed by atoms with Crippen molar-refractivity contribution in [2.75, 3.05) is 26.4 Å². The maximum absolute atomic E-state index is 12.3. The van der Waals surface area contributed by atoms with Crippen molar-refractivity contribution in [2.24, 2.45) is 5.92 Å². The Kier molecular flexibility index (Phi) is 5.96. The fourth-order valence-electron chi connectivity index (χ4n) is 2.49. The average molecular weight is 370 g/mol. The molecule has 0 aliphatic carbocycles. The number of fused-ring (bicyclic) bond motifs is 1. The summed E-state index contributed by atoms with van der Waals surface area (Å²) in [5, 5.41) is 0. The molecule has 0 amide bonds. The van der Waals surface area contributed by atoms with Crippen LogP contribution in [0.15, 0.2) is 42.5 Å². The Hall–Kier alpha value is -3.02. The molecule has 27 heavy (non-hydrogen) atoms. The number of esters is 1. The summed E-state index contributed by atoms with van der Waals surface area (Å²) >= 11 is 0. The molecule has 0 unspecified atom stereocenters. The molecule has 0 saturated carbocycles. The molecule has 0 spiro atoms. The number of carbonyl (C=O) groups is 2. The Balaban J connectivity index is 1.58. The molecule has 0 N–H and O–H groups in total. The number of hydrogen-bond donors (Lipinski definition) is 0. The first-order valence-electron chi connectivity index (χ1n) is 8.86. The van der Waals surface area contributed by atoms with Gasteiger partial charge in [-0.2, -0.15) is 0 Å². The van der Waals surface area contributed by atoms with Crippen molar-refractivity contribution in [3.63, 3.8) is 0 Å². The predicted octanol–water partition coefficient (Wildman–Crippen LogP) is 3.53. The molecule has 1 aliphatic rings. The molecule has 0 radical (unpaired) electrons. The highest BCUT2D eigenvalue weighted by Gasteiger charge is 2.17. The van der Waals surface area contributed by atoms with Gasteiger partial charge in [-0.1, -0.05) is 19.9 Å². The number of carbonyl (C=O) groups excluding carboxylic acids is 2. The van der Waals surface area contributed by atoms with Gasteiger partial charge >= 0.3 is 5.97 Å². The number of benzene rings is 2. The van der Waals surface area contributed by atoms with Crippen LogP contribution < -0.4 is 14.2 Å². The Morgan fingerprint density at radius 1 is 1.00 bits per heavy atom. The maximum Gasteiger partial charge on any atom is 0.338 e. The third-order valence-electron chi connectivity index (χ3n) is 3.85. The first-order chi connectivity index (χ1) is 13.0. The smallest absolute Gasteiger partial charge is 0.338 e. The molecule has 1 aliphatic heterocycles. The Labute approximate surface area is 158 Å². The minimum atomic E-state index is -0.573. The lowest BCUT2D eigenvalue weighted by molar-refractivity contribution is 0.0474. The van der Waals surface area contributed by atoms with E-state index < -0.39 is 5.97 Å². The van der Waals surface area contributed by atoms with E-state index >= 15 is 0 Å². The lowest BCUT2D eigenvalue weighted by Crippen LogP contribution is -2.17. The van der Waals surface area contributed by atoms with Crippen molar-refractivity contribution < 1.29 is 28.5 Å². The zero-order chi connectivity index (χ0) is 19.2. The lowest BCUT2D eigenvalue weighted by atomic mass is 10.1. The summed E-state index contributed by atoms with van der Waals surface area (Å²) in [6.07, 6.45) is 0. The topological polar surface area (TPSA) is 71.1 Å². The Bertz CT molecular complexity index is 827. The third kappa shape index (κ3) is 5.00. The first-order valence-corrected chi connectivity index (χ1v) is 8.86. The summed E-state index contributed by atoms with van der Waals surface area (Å²) in [6.45, 7) is 5.21. The van der Waals surface area contributed by atoms with E-state index in [1.165, 1.54) is 0 Å². The van der Waals surface area contributed by atoms with Crippen LogP contribution in [0.5, 0.6) is 17.2 Å². The maximum atomic E-state index is 12.3. The second-order valence-corrected chi connectivity index (χ2v) is 6.59. The number of Topliss-reactive ketones (excluding diaryl/α,β-unsaturated/α-hetero) is 1. The van der Waals surface area contributed by atoms with Gasteiger partial charge in [0.2, 0.25) is 0 Å². The standard InChI is InChI=1S/C21H22O6/c1-14(2)12-26-17-5-3-4-16(10-17)21(23)27-13-18(22)15-6-7-19-20(11-15)25-9-8-24-19/h3-7,10-11,14H,8-9,12-13H2,1-2H3. The highest BCUT2D eigenvalue weighted by Crippen LogP contribution is 2.30. The van der Waals surface area contributed by atoms with Crippen molar-refractivity contribution in [1.82, 2.24) is 0 Å². The second-order valence-electron chi connectivity index (χ2n) is 6.59. The third-order valence-corrected chi connectivity index (χ3v) is 3.85. The van der Waals surface area contributed by atoms with E-state index in [0.717, 1.165) is 0 Å². The number of rotatable bonds is 7. The Morgan fingerprint density at radius 3 is 2.56 bits per heavy atom. The van der Waals surface area contributed by atoms with E-state index in [-0.39, 0.29) is 12.4 Å². The van der Waals surface area contributed by atoms with Crippen molar-refractivity contribution in [2.45, 2.75) is 13.8 Å². The molecular formula is C21H22O6. The molecule has 0 saturated heterocycles. The SMILES string of the molecule is CC(C)COc1cccc(C(=O)OCC(=O)c2ccc3c(c2)OCCO3)c1. The van der Waals surface area contributed by atoms with Gasteiger partial charge in [0.25, 0.3) is 0 Å². The van der Waals surface area contributed by atoms with Crippen LogP contribution in [0.25, 0.3) is 0 Å². The van der Waals surface area contributed by atoms with Gasteiger partial charge in [-0.25, -0.2) is 4.79 Å². The van der Waals surface area contributed by atoms with Gasteiger partial charge in [-0.3, -0.25) is 4.79 Å². The van der Waals surface area contributed by atoms with E-state index in [1.54, 1.807) is 42.5 Å². The van der Waals surface area contributed by atoms with Gasteiger partial charge < -0.3 is 18.9 Å². The zero-order valence-electron chi connectivity index (χ0n) is 15.4. The van der Waals surface area contributed by atoms with Crippen molar-refractivity contribution in [1.29, 1.82) is 0 Å². The molecule has 3 rings (SSSR count). The number of hydrogen-bond acceptors (Lipinski definition) is 6. The lowest BCUT2D eigenvalue weighted by Gasteiger charge is -2.18. The largest absolute Gasteiger partial charge is 0.493 e. The summed E-state index contributed by atoms with van der Waals surface area (Å²) in [7, 11) is 0. The monoisotopic (exact) mass is 370 g/mol. The molecular weight excluding hydrogens is 348 g/mol. The molecule has 0 bridgehead atoms. The van der Waals surface area contributed by atoms with Crippen LogP contribution in [0.2, 0.25) is 0 Å². The van der Waals surface area contributed by atoms with Gasteiger partial charge in [-0.15, -0.1) is 0 Å². The summed E-state index contributed by atoms with van der Waals surface area (Å²) in [5.74, 6) is 1.21. The van der Waals surface area contributed by atoms with E-state index in [1.807, 2.05) is 13.8 Å². The van der Waals surface area contributed by atoms with Gasteiger partial charge in [-0.05, 0) is 42.3 Å². The minimum Gasteiger partial charge on any atom is -0.493 e. The van der Waals surface area contributed by atoms with Crippen LogP contribution in [0.3, 0.4) is 0 Å². The van der Waals surface area contributed by atoms with Crippen LogP contribution in [0, 0.1) is 5.92 Å². The van der Waals surface area contributed by atoms with Crippen molar-refractivity contribution in [3.8, 4) is 17.2 Å². The molecule has 2 aromatic rings. The van der Waals surface area contributed by atoms with Crippen LogP contribution in [-0.4, -0.2) is 38.2 Å². The van der Waals surface area contributed by atoms with Crippen LogP contribution in [0.4, 0.5) is 0 Å². The van der Waals surface area contributed by atoms with E-state index in [0.29, 0.717) is 54.1 Å². The summed E-state index contributed by atoms with van der Waals surface area (Å²) in [6, 6.07) is 11.6. The van der Waals surface area contributed by atoms with E-state index in [2.05, 4.69) is 0 Å². The van der Waals surface area contributed by atoms with E-state index in [9.17, 15) is 9.59 Å². The zero-order valence-corrected chi connectivity index (χ0v) is 15.4. The van der Waals surface area contributed by atoms with Crippen molar-refractivity contribution >= 4 is 11.8 Å². The van der Waals surface area contributed by atoms with Gasteiger partial charge in [0.05, 0.1) is 12.2 Å². The molecule has 0 aromatic heterocycles. The molecule has 6 heteroatoms. The normalized spacial score (nSPS) is 12.6. The van der Waals surface area contributed by atoms with Crippen LogP contribution in [-0.2, 0) is 4.74 Å². The number of ketones is 1. The van der Waals surface area contributed by atoms with Gasteiger partial charge in [0, 0.05) is 5.56 Å². The molecule has 0 fully saturated rings. The summed E-state index contributed by atoms with van der Waals surface area (Å²) < 4.78 is 21.6. The minimum absolute atomic E-state index is 0.312. The molecule has 1 heterocycles. The predicted molar refractivity (Wildman–Crippen MR) is 98.8 cm³/mol. The highest BCUT2D eigenvalue weighted by molar-refractivity contribution is 5.99.